The van der Waals surface area contributed by atoms with Gasteiger partial charge in [-0.15, -0.1) is 0 Å². The average molecular weight is 195 g/mol. The van der Waals surface area contributed by atoms with E-state index in [1.165, 1.54) is 20.8 Å². The van der Waals surface area contributed by atoms with Crippen LogP contribution in [0.4, 0.5) is 0 Å². The molecule has 0 aliphatic rings. The van der Waals surface area contributed by atoms with Gasteiger partial charge in [-0.05, 0) is 20.8 Å². The van der Waals surface area contributed by atoms with Gasteiger partial charge >= 0.3 is 40.0 Å². The normalized spacial score (nSPS) is 11.3. The summed E-state index contributed by atoms with van der Waals surface area (Å²) in [7, 11) is -4.28. The molecule has 0 amide bonds. The van der Waals surface area contributed by atoms with Gasteiger partial charge in [0.05, 0.1) is 5.60 Å². The first kappa shape index (κ1) is 17.8. The van der Waals surface area contributed by atoms with E-state index in [9.17, 15) is 8.42 Å². The second-order valence-corrected chi connectivity index (χ2v) is 3.65. The second-order valence-electron chi connectivity index (χ2n) is 2.62. The monoisotopic (exact) mass is 195 g/mol. The number of hydrogen-bond donors (Lipinski definition) is 2. The Labute approximate surface area is 89.3 Å². The van der Waals surface area contributed by atoms with Crippen molar-refractivity contribution in [2.45, 2.75) is 26.4 Å². The van der Waals surface area contributed by atoms with Crippen LogP contribution >= 0.6 is 0 Å². The Morgan fingerprint density at radius 1 is 1.27 bits per heavy atom. The summed E-state index contributed by atoms with van der Waals surface area (Å²) in [4.78, 5) is 0. The molecule has 0 heterocycles. The van der Waals surface area contributed by atoms with Crippen molar-refractivity contribution in [3.05, 3.63) is 0 Å². The van der Waals surface area contributed by atoms with Crippen molar-refractivity contribution < 1.29 is 17.2 Å². The van der Waals surface area contributed by atoms with E-state index in [0.717, 1.165) is 0 Å². The first-order chi connectivity index (χ1) is 3.71. The molecular weight excluding hydrogens is 181 g/mol. The van der Waals surface area contributed by atoms with Crippen molar-refractivity contribution >= 4 is 40.0 Å². The minimum absolute atomic E-state index is 0. The van der Waals surface area contributed by atoms with Crippen LogP contribution in [0.1, 0.15) is 20.8 Å². The Kier molecular flexibility index (Phi) is 8.85. The Morgan fingerprint density at radius 2 is 1.55 bits per heavy atom. The molecule has 0 saturated heterocycles. The molecule has 7 heteroatoms. The van der Waals surface area contributed by atoms with Crippen molar-refractivity contribution in [3.8, 4) is 0 Å². The zero-order chi connectivity index (χ0) is 7.71. The minimum atomic E-state index is -4.28. The average Bonchev–Trinajstić information content (AvgIpc) is 1.14. The third-order valence-electron chi connectivity index (χ3n) is 0.355. The fraction of sp³-hybridized carbons (Fsp3) is 1.00. The van der Waals surface area contributed by atoms with Crippen molar-refractivity contribution in [2.24, 2.45) is 0 Å². The van der Waals surface area contributed by atoms with Crippen LogP contribution in [-0.4, -0.2) is 48.1 Å². The molecule has 0 aromatic carbocycles. The SMILES string of the molecule is CC(C)(C)OS(=O)(=O)O.N.[NaH]. The predicted molar refractivity (Wildman–Crippen MR) is 44.6 cm³/mol. The van der Waals surface area contributed by atoms with Crippen LogP contribution in [0, 0.1) is 0 Å². The van der Waals surface area contributed by atoms with E-state index in [4.69, 9.17) is 4.55 Å². The van der Waals surface area contributed by atoms with Crippen LogP contribution in [0.5, 0.6) is 0 Å². The molecular formula is C4H14NNaO4S. The van der Waals surface area contributed by atoms with Gasteiger partial charge in [-0.3, -0.25) is 4.55 Å². The molecule has 0 bridgehead atoms. The summed E-state index contributed by atoms with van der Waals surface area (Å²) in [5.74, 6) is 0. The van der Waals surface area contributed by atoms with Crippen molar-refractivity contribution in [2.75, 3.05) is 0 Å². The molecule has 66 valence electrons. The summed E-state index contributed by atoms with van der Waals surface area (Å²) in [6.07, 6.45) is 0. The van der Waals surface area contributed by atoms with E-state index in [1.807, 2.05) is 0 Å². The van der Waals surface area contributed by atoms with Crippen molar-refractivity contribution in [1.29, 1.82) is 0 Å². The summed E-state index contributed by atoms with van der Waals surface area (Å²) < 4.78 is 32.2. The van der Waals surface area contributed by atoms with Gasteiger partial charge in [0.2, 0.25) is 0 Å². The van der Waals surface area contributed by atoms with E-state index in [-0.39, 0.29) is 35.7 Å². The topological polar surface area (TPSA) is 98.6 Å². The van der Waals surface area contributed by atoms with Crippen LogP contribution in [0.3, 0.4) is 0 Å². The Hall–Kier alpha value is 0.830. The first-order valence-corrected chi connectivity index (χ1v) is 3.75. The van der Waals surface area contributed by atoms with Gasteiger partial charge in [0.25, 0.3) is 0 Å². The molecule has 0 aliphatic carbocycles. The zero-order valence-corrected chi connectivity index (χ0v) is 7.10. The first-order valence-electron chi connectivity index (χ1n) is 2.39. The number of rotatable bonds is 1. The van der Waals surface area contributed by atoms with Gasteiger partial charge in [0, 0.05) is 0 Å². The van der Waals surface area contributed by atoms with Gasteiger partial charge in [-0.2, -0.15) is 8.42 Å². The molecule has 0 aliphatic heterocycles. The molecule has 4 N–H and O–H groups in total. The van der Waals surface area contributed by atoms with E-state index < -0.39 is 16.0 Å². The quantitative estimate of drug-likeness (QED) is 0.457. The predicted octanol–water partition coefficient (Wildman–Crippen LogP) is 0.118. The maximum atomic E-state index is 9.98. The van der Waals surface area contributed by atoms with Crippen LogP contribution in [0.15, 0.2) is 0 Å². The summed E-state index contributed by atoms with van der Waals surface area (Å²) in [5, 5.41) is 0. The molecule has 0 spiro atoms. The molecule has 0 radical (unpaired) electrons. The summed E-state index contributed by atoms with van der Waals surface area (Å²) in [6, 6.07) is 0. The summed E-state index contributed by atoms with van der Waals surface area (Å²) >= 11 is 0. The maximum absolute atomic E-state index is 9.98. The van der Waals surface area contributed by atoms with E-state index in [0.29, 0.717) is 0 Å². The Morgan fingerprint density at radius 3 is 1.55 bits per heavy atom. The van der Waals surface area contributed by atoms with Crippen LogP contribution < -0.4 is 6.15 Å². The second kappa shape index (κ2) is 5.47. The van der Waals surface area contributed by atoms with Gasteiger partial charge in [0.1, 0.15) is 0 Å². The van der Waals surface area contributed by atoms with Gasteiger partial charge < -0.3 is 6.15 Å². The molecule has 0 saturated carbocycles. The zero-order valence-electron chi connectivity index (χ0n) is 6.29. The molecule has 0 aromatic rings. The molecule has 5 nitrogen and oxygen atoms in total. The van der Waals surface area contributed by atoms with E-state index in [2.05, 4.69) is 4.18 Å². The van der Waals surface area contributed by atoms with E-state index in [1.54, 1.807) is 0 Å². The molecule has 0 atom stereocenters. The van der Waals surface area contributed by atoms with Crippen LogP contribution in [0.2, 0.25) is 0 Å². The fourth-order valence-corrected chi connectivity index (χ4v) is 0.948. The van der Waals surface area contributed by atoms with Gasteiger partial charge in [-0.1, -0.05) is 0 Å². The van der Waals surface area contributed by atoms with Crippen LogP contribution in [0.25, 0.3) is 0 Å². The Bertz CT molecular complexity index is 183. The summed E-state index contributed by atoms with van der Waals surface area (Å²) in [6.45, 7) is 4.59. The molecule has 11 heavy (non-hydrogen) atoms. The van der Waals surface area contributed by atoms with E-state index >= 15 is 0 Å². The summed E-state index contributed by atoms with van der Waals surface area (Å²) in [5.41, 5.74) is -0.854. The van der Waals surface area contributed by atoms with Crippen LogP contribution in [-0.2, 0) is 14.6 Å². The van der Waals surface area contributed by atoms with Gasteiger partial charge in [0.15, 0.2) is 0 Å². The molecule has 0 rings (SSSR count). The molecule has 0 fully saturated rings. The van der Waals surface area contributed by atoms with Crippen molar-refractivity contribution in [1.82, 2.24) is 6.15 Å². The molecule has 0 unspecified atom stereocenters. The number of hydrogen-bond acceptors (Lipinski definition) is 4. The third-order valence-corrected chi connectivity index (χ3v) is 1.07. The van der Waals surface area contributed by atoms with Gasteiger partial charge in [-0.25, -0.2) is 4.18 Å². The standard InChI is InChI=1S/C4H10O4S.H3N.Na.H/c1-4(2,3)8-9(5,6)7;;;/h1-3H3,(H,5,6,7);1H3;;. The van der Waals surface area contributed by atoms with Crippen molar-refractivity contribution in [3.63, 3.8) is 0 Å². The third kappa shape index (κ3) is 18.1. The Balaban J connectivity index is -0.000000320. The fourth-order valence-electron chi connectivity index (χ4n) is 0.316. The molecule has 0 aromatic heterocycles.